The van der Waals surface area contributed by atoms with Crippen molar-refractivity contribution in [3.63, 3.8) is 0 Å². The second-order valence-electron chi connectivity index (χ2n) is 6.29. The highest BCUT2D eigenvalue weighted by atomic mass is 32.2. The van der Waals surface area contributed by atoms with Crippen molar-refractivity contribution in [1.29, 1.82) is 0 Å². The first-order valence-corrected chi connectivity index (χ1v) is 10.2. The van der Waals surface area contributed by atoms with E-state index in [2.05, 4.69) is 0 Å². The van der Waals surface area contributed by atoms with Crippen LogP contribution < -0.4 is 0 Å². The molecule has 4 rings (SSSR count). The van der Waals surface area contributed by atoms with Crippen molar-refractivity contribution >= 4 is 31.6 Å². The van der Waals surface area contributed by atoms with Crippen molar-refractivity contribution in [3.8, 4) is 0 Å². The topological polar surface area (TPSA) is 44.0 Å². The zero-order valence-electron chi connectivity index (χ0n) is 13.9. The molecule has 0 saturated carbocycles. The molecule has 4 nitrogen and oxygen atoms in total. The minimum Gasteiger partial charge on any atom is -0.346 e. The third kappa shape index (κ3) is 3.33. The fraction of sp³-hybridized carbons (Fsp3) is 0.200. The Morgan fingerprint density at radius 1 is 0.640 bits per heavy atom. The van der Waals surface area contributed by atoms with Crippen LogP contribution in [0.4, 0.5) is 0 Å². The summed E-state index contributed by atoms with van der Waals surface area (Å²) in [6.45, 7) is 0.977. The summed E-state index contributed by atoms with van der Waals surface area (Å²) in [5.74, 6) is 0.315. The van der Waals surface area contributed by atoms with E-state index in [1.165, 1.54) is 0 Å². The number of benzene rings is 2. The minimum atomic E-state index is -3.11. The third-order valence-electron chi connectivity index (χ3n) is 4.65. The van der Waals surface area contributed by atoms with E-state index in [0.29, 0.717) is 13.1 Å². The van der Waals surface area contributed by atoms with Crippen LogP contribution in [0.1, 0.15) is 0 Å². The molecule has 0 N–H and O–H groups in total. The Balaban J connectivity index is 1.43. The van der Waals surface area contributed by atoms with E-state index in [0.717, 1.165) is 21.8 Å². The molecule has 0 saturated heterocycles. The molecular weight excluding hydrogens is 332 g/mol. The highest BCUT2D eigenvalue weighted by Gasteiger charge is 2.13. The zero-order chi connectivity index (χ0) is 17.3. The van der Waals surface area contributed by atoms with Crippen LogP contribution in [-0.2, 0) is 22.9 Å². The lowest BCUT2D eigenvalue weighted by Gasteiger charge is -2.09. The first kappa shape index (κ1) is 16.0. The number of fused-ring (bicyclic) bond motifs is 2. The standard InChI is InChI=1S/C20H20N2O2S/c23-25(24,15-13-21-11-9-17-5-1-3-7-19(17)21)16-14-22-12-10-18-6-2-4-8-20(18)22/h1-12H,13-16H2. The lowest BCUT2D eigenvalue weighted by Crippen LogP contribution is -2.19. The van der Waals surface area contributed by atoms with Crippen molar-refractivity contribution in [2.75, 3.05) is 11.5 Å². The van der Waals surface area contributed by atoms with Gasteiger partial charge >= 0.3 is 0 Å². The Morgan fingerprint density at radius 2 is 1.08 bits per heavy atom. The molecule has 2 aromatic carbocycles. The monoisotopic (exact) mass is 352 g/mol. The highest BCUT2D eigenvalue weighted by molar-refractivity contribution is 7.91. The largest absolute Gasteiger partial charge is 0.346 e. The van der Waals surface area contributed by atoms with Crippen molar-refractivity contribution in [2.24, 2.45) is 0 Å². The van der Waals surface area contributed by atoms with Gasteiger partial charge in [-0.25, -0.2) is 8.42 Å². The molecule has 0 spiro atoms. The first-order valence-electron chi connectivity index (χ1n) is 8.41. The number of hydrogen-bond acceptors (Lipinski definition) is 2. The Hall–Kier alpha value is -2.53. The number of rotatable bonds is 6. The highest BCUT2D eigenvalue weighted by Crippen LogP contribution is 2.16. The third-order valence-corrected chi connectivity index (χ3v) is 6.26. The molecular formula is C20H20N2O2S. The molecule has 5 heteroatoms. The summed E-state index contributed by atoms with van der Waals surface area (Å²) in [7, 11) is -3.11. The summed E-state index contributed by atoms with van der Waals surface area (Å²) in [4.78, 5) is 0. The summed E-state index contributed by atoms with van der Waals surface area (Å²) in [6, 6.07) is 20.1. The van der Waals surface area contributed by atoms with Gasteiger partial charge in [0.15, 0.2) is 9.84 Å². The summed E-state index contributed by atoms with van der Waals surface area (Å²) >= 11 is 0. The average Bonchev–Trinajstić information content (AvgIpc) is 3.23. The van der Waals surface area contributed by atoms with Crippen LogP contribution >= 0.6 is 0 Å². The second-order valence-corrected chi connectivity index (χ2v) is 8.59. The van der Waals surface area contributed by atoms with Gasteiger partial charge < -0.3 is 9.13 Å². The van der Waals surface area contributed by atoms with Crippen LogP contribution in [0.15, 0.2) is 73.1 Å². The Kier molecular flexibility index (Phi) is 4.09. The number of nitrogens with zero attached hydrogens (tertiary/aromatic N) is 2. The van der Waals surface area contributed by atoms with Crippen LogP contribution in [0.25, 0.3) is 21.8 Å². The molecule has 128 valence electrons. The van der Waals surface area contributed by atoms with Gasteiger partial charge in [-0.05, 0) is 35.0 Å². The van der Waals surface area contributed by atoms with Crippen LogP contribution in [0, 0.1) is 0 Å². The van der Waals surface area contributed by atoms with Crippen LogP contribution in [0.3, 0.4) is 0 Å². The van der Waals surface area contributed by atoms with Crippen LogP contribution in [0.2, 0.25) is 0 Å². The second kappa shape index (κ2) is 6.41. The normalized spacial score (nSPS) is 12.2. The van der Waals surface area contributed by atoms with Gasteiger partial charge in [0.25, 0.3) is 0 Å². The number of hydrogen-bond donors (Lipinski definition) is 0. The van der Waals surface area contributed by atoms with Gasteiger partial charge in [0.1, 0.15) is 0 Å². The van der Waals surface area contributed by atoms with Gasteiger partial charge in [-0.3, -0.25) is 0 Å². The van der Waals surface area contributed by atoms with Gasteiger partial charge in [0, 0.05) is 36.5 Å². The maximum absolute atomic E-state index is 12.5. The molecule has 0 radical (unpaired) electrons. The summed E-state index contributed by atoms with van der Waals surface area (Å²) < 4.78 is 29.0. The summed E-state index contributed by atoms with van der Waals surface area (Å²) in [6.07, 6.45) is 3.92. The van der Waals surface area contributed by atoms with E-state index in [9.17, 15) is 8.42 Å². The van der Waals surface area contributed by atoms with E-state index in [1.807, 2.05) is 82.2 Å². The molecule has 0 unspecified atom stereocenters. The lowest BCUT2D eigenvalue weighted by molar-refractivity contribution is 0.584. The van der Waals surface area contributed by atoms with Crippen molar-refractivity contribution in [3.05, 3.63) is 73.1 Å². The van der Waals surface area contributed by atoms with Crippen LogP contribution in [-0.4, -0.2) is 29.1 Å². The smallest absolute Gasteiger partial charge is 0.153 e. The van der Waals surface area contributed by atoms with E-state index in [1.54, 1.807) is 0 Å². The molecule has 0 aliphatic carbocycles. The lowest BCUT2D eigenvalue weighted by atomic mass is 10.2. The van der Waals surface area contributed by atoms with Crippen molar-refractivity contribution in [1.82, 2.24) is 9.13 Å². The Labute approximate surface area is 147 Å². The van der Waals surface area contributed by atoms with E-state index < -0.39 is 9.84 Å². The molecule has 0 aliphatic heterocycles. The summed E-state index contributed by atoms with van der Waals surface area (Å²) in [5.41, 5.74) is 2.16. The predicted octanol–water partition coefficient (Wildman–Crippen LogP) is 3.71. The Bertz CT molecular complexity index is 1040. The molecule has 0 atom stereocenters. The van der Waals surface area contributed by atoms with Gasteiger partial charge in [0.05, 0.1) is 11.5 Å². The molecule has 0 amide bonds. The van der Waals surface area contributed by atoms with Crippen LogP contribution in [0.5, 0.6) is 0 Å². The molecule has 2 aromatic heterocycles. The molecule has 4 aromatic rings. The van der Waals surface area contributed by atoms with Gasteiger partial charge in [-0.15, -0.1) is 0 Å². The minimum absolute atomic E-state index is 0.158. The number of sulfone groups is 1. The Morgan fingerprint density at radius 3 is 1.56 bits per heavy atom. The zero-order valence-corrected chi connectivity index (χ0v) is 14.7. The van der Waals surface area contributed by atoms with Gasteiger partial charge in [-0.2, -0.15) is 0 Å². The predicted molar refractivity (Wildman–Crippen MR) is 103 cm³/mol. The maximum Gasteiger partial charge on any atom is 0.153 e. The fourth-order valence-corrected chi connectivity index (χ4v) is 4.40. The summed E-state index contributed by atoms with van der Waals surface area (Å²) in [5, 5.41) is 2.28. The van der Waals surface area contributed by atoms with Gasteiger partial charge in [-0.1, -0.05) is 36.4 Å². The quantitative estimate of drug-likeness (QED) is 0.531. The number of aromatic nitrogens is 2. The number of para-hydroxylation sites is 2. The molecule has 2 heterocycles. The maximum atomic E-state index is 12.5. The first-order chi connectivity index (χ1) is 12.1. The average molecular weight is 352 g/mol. The van der Waals surface area contributed by atoms with E-state index in [4.69, 9.17) is 0 Å². The SMILES string of the molecule is O=S(=O)(CCn1ccc2ccccc21)CCn1ccc2ccccc21. The molecule has 0 bridgehead atoms. The van der Waals surface area contributed by atoms with E-state index >= 15 is 0 Å². The molecule has 25 heavy (non-hydrogen) atoms. The number of aryl methyl sites for hydroxylation is 2. The van der Waals surface area contributed by atoms with Crippen molar-refractivity contribution in [2.45, 2.75) is 13.1 Å². The van der Waals surface area contributed by atoms with Gasteiger partial charge in [0.2, 0.25) is 0 Å². The van der Waals surface area contributed by atoms with E-state index in [-0.39, 0.29) is 11.5 Å². The molecule has 0 fully saturated rings. The molecule has 0 aliphatic rings. The fourth-order valence-electron chi connectivity index (χ4n) is 3.25. The van der Waals surface area contributed by atoms with Crippen molar-refractivity contribution < 1.29 is 8.42 Å².